The molecule has 2 nitrogen and oxygen atoms in total. The maximum atomic E-state index is 3.61. The highest BCUT2D eigenvalue weighted by Gasteiger charge is 2.39. The average molecular weight is 283 g/mol. The minimum atomic E-state index is 0.499. The van der Waals surface area contributed by atoms with E-state index in [4.69, 9.17) is 0 Å². The maximum absolute atomic E-state index is 3.61. The molecule has 0 radical (unpaired) electrons. The van der Waals surface area contributed by atoms with Gasteiger partial charge in [-0.3, -0.25) is 4.90 Å². The molecule has 1 aliphatic carbocycles. The molecule has 0 amide bonds. The van der Waals surface area contributed by atoms with Crippen molar-refractivity contribution in [1.82, 2.24) is 10.2 Å². The fraction of sp³-hybridized carbons (Fsp3) is 1.00. The van der Waals surface area contributed by atoms with Crippen LogP contribution in [0.15, 0.2) is 0 Å². The Morgan fingerprint density at radius 3 is 2.25 bits per heavy atom. The van der Waals surface area contributed by atoms with Gasteiger partial charge >= 0.3 is 0 Å². The van der Waals surface area contributed by atoms with Gasteiger partial charge in [-0.05, 0) is 50.5 Å². The number of rotatable bonds is 7. The van der Waals surface area contributed by atoms with Crippen molar-refractivity contribution in [3.63, 3.8) is 0 Å². The summed E-state index contributed by atoms with van der Waals surface area (Å²) < 4.78 is 0. The molecule has 1 fully saturated rings. The lowest BCUT2D eigenvalue weighted by molar-refractivity contribution is 0.0267. The molecular formula is C18H38N2. The molecule has 2 heteroatoms. The van der Waals surface area contributed by atoms with Crippen LogP contribution in [0.1, 0.15) is 73.6 Å². The molecule has 2 atom stereocenters. The molecule has 0 aromatic rings. The van der Waals surface area contributed by atoms with Crippen LogP contribution in [-0.2, 0) is 0 Å². The van der Waals surface area contributed by atoms with Gasteiger partial charge < -0.3 is 5.32 Å². The van der Waals surface area contributed by atoms with E-state index in [9.17, 15) is 0 Å². The largest absolute Gasteiger partial charge is 0.315 e. The SMILES string of the molecule is CCC(CC)N(CC(C)C)C1CC(C)(C)CCC1NC. The summed E-state index contributed by atoms with van der Waals surface area (Å²) in [6.07, 6.45) is 6.56. The monoisotopic (exact) mass is 282 g/mol. The maximum Gasteiger partial charge on any atom is 0.0257 e. The van der Waals surface area contributed by atoms with Crippen LogP contribution in [-0.4, -0.2) is 36.6 Å². The van der Waals surface area contributed by atoms with Gasteiger partial charge in [-0.25, -0.2) is 0 Å². The summed E-state index contributed by atoms with van der Waals surface area (Å²) in [7, 11) is 2.15. The summed E-state index contributed by atoms with van der Waals surface area (Å²) in [5.74, 6) is 0.748. The summed E-state index contributed by atoms with van der Waals surface area (Å²) in [6, 6.07) is 2.12. The van der Waals surface area contributed by atoms with Crippen LogP contribution in [0.3, 0.4) is 0 Å². The molecule has 1 saturated carbocycles. The van der Waals surface area contributed by atoms with E-state index in [-0.39, 0.29) is 0 Å². The van der Waals surface area contributed by atoms with Gasteiger partial charge in [-0.2, -0.15) is 0 Å². The molecule has 0 aliphatic heterocycles. The van der Waals surface area contributed by atoms with Crippen molar-refractivity contribution in [2.45, 2.75) is 91.8 Å². The molecule has 1 N–H and O–H groups in total. The number of hydrogen-bond acceptors (Lipinski definition) is 2. The first-order chi connectivity index (χ1) is 9.34. The molecule has 2 unspecified atom stereocenters. The highest BCUT2D eigenvalue weighted by Crippen LogP contribution is 2.38. The van der Waals surface area contributed by atoms with E-state index in [1.807, 2.05) is 0 Å². The second-order valence-corrected chi connectivity index (χ2v) is 7.93. The first-order valence-corrected chi connectivity index (χ1v) is 8.77. The van der Waals surface area contributed by atoms with Gasteiger partial charge in [-0.1, -0.05) is 41.5 Å². The second-order valence-electron chi connectivity index (χ2n) is 7.93. The van der Waals surface area contributed by atoms with Crippen molar-refractivity contribution in [1.29, 1.82) is 0 Å². The fourth-order valence-electron chi connectivity index (χ4n) is 3.97. The standard InChI is InChI=1S/C18H38N2/c1-8-15(9-2)20(13-14(3)4)17-12-18(5,6)11-10-16(17)19-7/h14-17,19H,8-13H2,1-7H3. The Kier molecular flexibility index (Phi) is 7.00. The lowest BCUT2D eigenvalue weighted by Crippen LogP contribution is -2.57. The number of likely N-dealkylation sites (N-methyl/N-ethyl adjacent to an activating group) is 1. The predicted octanol–water partition coefficient (Wildman–Crippen LogP) is 4.30. The van der Waals surface area contributed by atoms with Crippen molar-refractivity contribution >= 4 is 0 Å². The van der Waals surface area contributed by atoms with Gasteiger partial charge in [0.15, 0.2) is 0 Å². The van der Waals surface area contributed by atoms with Gasteiger partial charge in [0.2, 0.25) is 0 Å². The Morgan fingerprint density at radius 1 is 1.20 bits per heavy atom. The molecule has 0 saturated heterocycles. The highest BCUT2D eigenvalue weighted by atomic mass is 15.2. The summed E-state index contributed by atoms with van der Waals surface area (Å²) in [4.78, 5) is 2.84. The molecule has 0 aromatic carbocycles. The summed E-state index contributed by atoms with van der Waals surface area (Å²) >= 11 is 0. The van der Waals surface area contributed by atoms with E-state index in [1.54, 1.807) is 0 Å². The topological polar surface area (TPSA) is 15.3 Å². The van der Waals surface area contributed by atoms with E-state index in [2.05, 4.69) is 58.8 Å². The minimum Gasteiger partial charge on any atom is -0.315 e. The third kappa shape index (κ3) is 4.73. The van der Waals surface area contributed by atoms with Crippen LogP contribution >= 0.6 is 0 Å². The molecule has 20 heavy (non-hydrogen) atoms. The van der Waals surface area contributed by atoms with Crippen molar-refractivity contribution in [3.8, 4) is 0 Å². The highest BCUT2D eigenvalue weighted by molar-refractivity contribution is 4.95. The molecule has 120 valence electrons. The molecule has 1 rings (SSSR count). The smallest absolute Gasteiger partial charge is 0.0257 e. The Bertz CT molecular complexity index is 261. The van der Waals surface area contributed by atoms with Crippen LogP contribution < -0.4 is 5.32 Å². The molecule has 1 aliphatic rings. The van der Waals surface area contributed by atoms with Crippen molar-refractivity contribution in [2.75, 3.05) is 13.6 Å². The summed E-state index contributed by atoms with van der Waals surface area (Å²) in [6.45, 7) is 15.6. The molecule has 0 aromatic heterocycles. The third-order valence-corrected chi connectivity index (χ3v) is 5.14. The first-order valence-electron chi connectivity index (χ1n) is 8.77. The Morgan fingerprint density at radius 2 is 1.80 bits per heavy atom. The van der Waals surface area contributed by atoms with Crippen LogP contribution in [0.5, 0.6) is 0 Å². The lowest BCUT2D eigenvalue weighted by Gasteiger charge is -2.49. The van der Waals surface area contributed by atoms with Crippen LogP contribution in [0.25, 0.3) is 0 Å². The predicted molar refractivity (Wildman–Crippen MR) is 90.2 cm³/mol. The zero-order valence-electron chi connectivity index (χ0n) is 15.0. The lowest BCUT2D eigenvalue weighted by atomic mass is 9.72. The van der Waals surface area contributed by atoms with Crippen LogP contribution in [0, 0.1) is 11.3 Å². The van der Waals surface area contributed by atoms with E-state index in [0.717, 1.165) is 12.0 Å². The summed E-state index contributed by atoms with van der Waals surface area (Å²) in [5, 5.41) is 3.61. The van der Waals surface area contributed by atoms with Gasteiger partial charge in [0, 0.05) is 24.7 Å². The Hall–Kier alpha value is -0.0800. The van der Waals surface area contributed by atoms with E-state index < -0.39 is 0 Å². The van der Waals surface area contributed by atoms with Gasteiger partial charge in [0.05, 0.1) is 0 Å². The fourth-order valence-corrected chi connectivity index (χ4v) is 3.97. The third-order valence-electron chi connectivity index (χ3n) is 5.14. The minimum absolute atomic E-state index is 0.499. The van der Waals surface area contributed by atoms with Crippen molar-refractivity contribution in [3.05, 3.63) is 0 Å². The van der Waals surface area contributed by atoms with Gasteiger partial charge in [0.25, 0.3) is 0 Å². The number of nitrogens with zero attached hydrogens (tertiary/aromatic N) is 1. The van der Waals surface area contributed by atoms with E-state index in [1.165, 1.54) is 38.6 Å². The quantitative estimate of drug-likeness (QED) is 0.749. The Labute approximate surface area is 127 Å². The average Bonchev–Trinajstić information content (AvgIpc) is 2.37. The van der Waals surface area contributed by atoms with Gasteiger partial charge in [0.1, 0.15) is 0 Å². The Balaban J connectivity index is 2.94. The molecule has 0 spiro atoms. The zero-order valence-corrected chi connectivity index (χ0v) is 15.0. The van der Waals surface area contributed by atoms with Crippen molar-refractivity contribution < 1.29 is 0 Å². The zero-order chi connectivity index (χ0) is 15.3. The summed E-state index contributed by atoms with van der Waals surface area (Å²) in [5.41, 5.74) is 0.499. The van der Waals surface area contributed by atoms with Gasteiger partial charge in [-0.15, -0.1) is 0 Å². The molecule has 0 heterocycles. The second kappa shape index (κ2) is 7.79. The normalized spacial score (nSPS) is 26.7. The van der Waals surface area contributed by atoms with Crippen molar-refractivity contribution in [2.24, 2.45) is 11.3 Å². The number of hydrogen-bond donors (Lipinski definition) is 1. The number of nitrogens with one attached hydrogen (secondary N) is 1. The van der Waals surface area contributed by atoms with Crippen LogP contribution in [0.2, 0.25) is 0 Å². The van der Waals surface area contributed by atoms with E-state index >= 15 is 0 Å². The first kappa shape index (κ1) is 18.0. The molecule has 0 bridgehead atoms. The molecular weight excluding hydrogens is 244 g/mol. The van der Waals surface area contributed by atoms with Crippen LogP contribution in [0.4, 0.5) is 0 Å². The van der Waals surface area contributed by atoms with E-state index in [0.29, 0.717) is 17.5 Å².